The summed E-state index contributed by atoms with van der Waals surface area (Å²) in [6.45, 7) is 6.71. The van der Waals surface area contributed by atoms with Gasteiger partial charge in [0, 0.05) is 13.2 Å². The van der Waals surface area contributed by atoms with E-state index in [1.807, 2.05) is 0 Å². The molecule has 0 aromatic carbocycles. The second-order valence-electron chi connectivity index (χ2n) is 9.82. The standard InChI is InChI=1S/C29H60O3/c1-3-5-7-9-11-13-15-16-18-20-22-24-26-32-29(27-30)28-31-25-23-21-19-17-14-12-10-8-6-4-2/h29-30H,3-28H2,1-2H3. The van der Waals surface area contributed by atoms with Crippen LogP contribution in [0, 0.1) is 0 Å². The zero-order chi connectivity index (χ0) is 23.4. The molecule has 0 spiro atoms. The molecule has 1 unspecified atom stereocenters. The van der Waals surface area contributed by atoms with Gasteiger partial charge in [0.1, 0.15) is 6.10 Å². The van der Waals surface area contributed by atoms with Gasteiger partial charge in [0.2, 0.25) is 0 Å². The summed E-state index contributed by atoms with van der Waals surface area (Å²) in [6.07, 6.45) is 29.6. The summed E-state index contributed by atoms with van der Waals surface area (Å²) in [4.78, 5) is 0. The minimum Gasteiger partial charge on any atom is -0.394 e. The van der Waals surface area contributed by atoms with Crippen LogP contribution in [0.3, 0.4) is 0 Å². The molecule has 0 saturated carbocycles. The molecule has 0 amide bonds. The quantitative estimate of drug-likeness (QED) is 0.119. The van der Waals surface area contributed by atoms with Crippen LogP contribution in [0.15, 0.2) is 0 Å². The molecule has 0 aliphatic heterocycles. The molecule has 0 bridgehead atoms. The lowest BCUT2D eigenvalue weighted by Crippen LogP contribution is -2.24. The highest BCUT2D eigenvalue weighted by atomic mass is 16.5. The van der Waals surface area contributed by atoms with E-state index >= 15 is 0 Å². The highest BCUT2D eigenvalue weighted by Gasteiger charge is 2.07. The summed E-state index contributed by atoms with van der Waals surface area (Å²) in [7, 11) is 0. The van der Waals surface area contributed by atoms with Gasteiger partial charge in [-0.05, 0) is 12.8 Å². The number of aliphatic hydroxyl groups is 1. The van der Waals surface area contributed by atoms with Crippen LogP contribution in [-0.2, 0) is 9.47 Å². The Balaban J connectivity index is 3.26. The van der Waals surface area contributed by atoms with Crippen molar-refractivity contribution in [2.24, 2.45) is 0 Å². The number of unbranched alkanes of at least 4 members (excludes halogenated alkanes) is 20. The lowest BCUT2D eigenvalue weighted by molar-refractivity contribution is -0.0437. The van der Waals surface area contributed by atoms with Crippen LogP contribution in [0.5, 0.6) is 0 Å². The first-order valence-electron chi connectivity index (χ1n) is 14.6. The Morgan fingerprint density at radius 2 is 0.812 bits per heavy atom. The molecule has 0 saturated heterocycles. The van der Waals surface area contributed by atoms with E-state index in [1.54, 1.807) is 0 Å². The van der Waals surface area contributed by atoms with Crippen molar-refractivity contribution in [2.75, 3.05) is 26.4 Å². The monoisotopic (exact) mass is 456 g/mol. The first-order chi connectivity index (χ1) is 15.8. The molecular formula is C29H60O3. The van der Waals surface area contributed by atoms with Crippen LogP contribution in [0.25, 0.3) is 0 Å². The van der Waals surface area contributed by atoms with Crippen LogP contribution in [0.4, 0.5) is 0 Å². The smallest absolute Gasteiger partial charge is 0.104 e. The number of rotatable bonds is 28. The predicted octanol–water partition coefficient (Wildman–Crippen LogP) is 9.00. The highest BCUT2D eigenvalue weighted by Crippen LogP contribution is 2.13. The molecule has 3 heteroatoms. The fraction of sp³-hybridized carbons (Fsp3) is 1.00. The Bertz CT molecular complexity index is 322. The maximum absolute atomic E-state index is 9.49. The van der Waals surface area contributed by atoms with Gasteiger partial charge in [-0.2, -0.15) is 0 Å². The molecule has 0 heterocycles. The number of ether oxygens (including phenoxy) is 2. The SMILES string of the molecule is CCCCCCCCCCCCCCOC(CO)COCCCCCCCCCCCC. The second-order valence-corrected chi connectivity index (χ2v) is 9.82. The van der Waals surface area contributed by atoms with Crippen molar-refractivity contribution in [3.63, 3.8) is 0 Å². The van der Waals surface area contributed by atoms with Gasteiger partial charge in [-0.15, -0.1) is 0 Å². The summed E-state index contributed by atoms with van der Waals surface area (Å²) in [5.41, 5.74) is 0. The van der Waals surface area contributed by atoms with Crippen molar-refractivity contribution >= 4 is 0 Å². The largest absolute Gasteiger partial charge is 0.394 e. The molecule has 1 atom stereocenters. The molecule has 0 aliphatic rings. The molecule has 0 aromatic heterocycles. The van der Waals surface area contributed by atoms with Crippen LogP contribution < -0.4 is 0 Å². The van der Waals surface area contributed by atoms with Crippen LogP contribution >= 0.6 is 0 Å². The molecule has 0 aliphatic carbocycles. The summed E-state index contributed by atoms with van der Waals surface area (Å²) in [5.74, 6) is 0. The third kappa shape index (κ3) is 26.1. The van der Waals surface area contributed by atoms with Crippen LogP contribution in [0.1, 0.15) is 155 Å². The van der Waals surface area contributed by atoms with Gasteiger partial charge in [0.05, 0.1) is 13.2 Å². The average molecular weight is 457 g/mol. The maximum atomic E-state index is 9.49. The third-order valence-corrected chi connectivity index (χ3v) is 6.50. The van der Waals surface area contributed by atoms with E-state index in [2.05, 4.69) is 13.8 Å². The summed E-state index contributed by atoms with van der Waals surface area (Å²) in [5, 5.41) is 9.49. The molecule has 0 rings (SSSR count). The molecule has 0 radical (unpaired) electrons. The average Bonchev–Trinajstić information content (AvgIpc) is 2.81. The van der Waals surface area contributed by atoms with E-state index in [-0.39, 0.29) is 12.7 Å². The van der Waals surface area contributed by atoms with E-state index < -0.39 is 0 Å². The van der Waals surface area contributed by atoms with Gasteiger partial charge in [-0.3, -0.25) is 0 Å². The normalized spacial score (nSPS) is 12.5. The third-order valence-electron chi connectivity index (χ3n) is 6.50. The van der Waals surface area contributed by atoms with Crippen LogP contribution in [0.2, 0.25) is 0 Å². The first kappa shape index (κ1) is 31.9. The summed E-state index contributed by atoms with van der Waals surface area (Å²) in [6, 6.07) is 0. The molecule has 1 N–H and O–H groups in total. The highest BCUT2D eigenvalue weighted by molar-refractivity contribution is 4.55. The summed E-state index contributed by atoms with van der Waals surface area (Å²) < 4.78 is 11.5. The fourth-order valence-electron chi connectivity index (χ4n) is 4.25. The number of aliphatic hydroxyl groups excluding tert-OH is 1. The summed E-state index contributed by atoms with van der Waals surface area (Å²) >= 11 is 0. The molecule has 32 heavy (non-hydrogen) atoms. The zero-order valence-corrected chi connectivity index (χ0v) is 22.2. The Morgan fingerprint density at radius 3 is 1.19 bits per heavy atom. The Hall–Kier alpha value is -0.120. The number of hydrogen-bond acceptors (Lipinski definition) is 3. The molecule has 3 nitrogen and oxygen atoms in total. The van der Waals surface area contributed by atoms with E-state index in [1.165, 1.54) is 128 Å². The Morgan fingerprint density at radius 1 is 0.469 bits per heavy atom. The fourth-order valence-corrected chi connectivity index (χ4v) is 4.25. The van der Waals surface area contributed by atoms with Crippen molar-refractivity contribution in [1.82, 2.24) is 0 Å². The Labute approximate surface area is 202 Å². The molecular weight excluding hydrogens is 396 g/mol. The number of hydrogen-bond donors (Lipinski definition) is 1. The molecule has 0 aromatic rings. The van der Waals surface area contributed by atoms with Gasteiger partial charge < -0.3 is 14.6 Å². The van der Waals surface area contributed by atoms with Crippen molar-refractivity contribution in [3.8, 4) is 0 Å². The Kier molecular flexibility index (Phi) is 28.8. The van der Waals surface area contributed by atoms with Crippen molar-refractivity contribution in [3.05, 3.63) is 0 Å². The lowest BCUT2D eigenvalue weighted by Gasteiger charge is -2.15. The van der Waals surface area contributed by atoms with Crippen LogP contribution in [-0.4, -0.2) is 37.6 Å². The van der Waals surface area contributed by atoms with Gasteiger partial charge in [0.25, 0.3) is 0 Å². The van der Waals surface area contributed by atoms with Crippen molar-refractivity contribution in [2.45, 2.75) is 161 Å². The van der Waals surface area contributed by atoms with Gasteiger partial charge in [-0.25, -0.2) is 0 Å². The topological polar surface area (TPSA) is 38.7 Å². The van der Waals surface area contributed by atoms with Crippen molar-refractivity contribution in [1.29, 1.82) is 0 Å². The van der Waals surface area contributed by atoms with Gasteiger partial charge in [-0.1, -0.05) is 142 Å². The lowest BCUT2D eigenvalue weighted by atomic mass is 10.1. The minimum absolute atomic E-state index is 0.0658. The maximum Gasteiger partial charge on any atom is 0.104 e. The van der Waals surface area contributed by atoms with Gasteiger partial charge >= 0.3 is 0 Å². The second kappa shape index (κ2) is 28.9. The predicted molar refractivity (Wildman–Crippen MR) is 141 cm³/mol. The van der Waals surface area contributed by atoms with Crippen molar-refractivity contribution < 1.29 is 14.6 Å². The molecule has 0 fully saturated rings. The van der Waals surface area contributed by atoms with E-state index in [9.17, 15) is 5.11 Å². The van der Waals surface area contributed by atoms with Gasteiger partial charge in [0.15, 0.2) is 0 Å². The van der Waals surface area contributed by atoms with E-state index in [0.29, 0.717) is 6.61 Å². The zero-order valence-electron chi connectivity index (χ0n) is 22.2. The first-order valence-corrected chi connectivity index (χ1v) is 14.6. The van der Waals surface area contributed by atoms with E-state index in [0.717, 1.165) is 26.1 Å². The minimum atomic E-state index is -0.147. The van der Waals surface area contributed by atoms with E-state index in [4.69, 9.17) is 9.47 Å². The molecule has 194 valence electrons.